The molecule has 4 nitrogen and oxygen atoms in total. The van der Waals surface area contributed by atoms with Crippen LogP contribution < -0.4 is 0 Å². The highest BCUT2D eigenvalue weighted by Gasteiger charge is 2.30. The van der Waals surface area contributed by atoms with Gasteiger partial charge in [-0.2, -0.15) is 0 Å². The van der Waals surface area contributed by atoms with Crippen molar-refractivity contribution < 1.29 is 16.8 Å². The van der Waals surface area contributed by atoms with E-state index in [0.717, 1.165) is 16.1 Å². The van der Waals surface area contributed by atoms with Crippen LogP contribution in [0.2, 0.25) is 25.7 Å². The Morgan fingerprint density at radius 3 is 2.53 bits per heavy atom. The molecule has 0 amide bonds. The van der Waals surface area contributed by atoms with Crippen LogP contribution in [0.5, 0.6) is 0 Å². The van der Waals surface area contributed by atoms with Gasteiger partial charge in [0, 0.05) is 0 Å². The van der Waals surface area contributed by atoms with Gasteiger partial charge in [0.1, 0.15) is 10.5 Å². The van der Waals surface area contributed by atoms with Crippen molar-refractivity contribution in [2.24, 2.45) is 0 Å². The lowest BCUT2D eigenvalue weighted by atomic mass is 10.4. The second kappa shape index (κ2) is 10.4. The van der Waals surface area contributed by atoms with Crippen LogP contribution in [0.15, 0.2) is 12.2 Å². The second-order valence-electron chi connectivity index (χ2n) is 5.49. The smallest absolute Gasteiger partial charge is 0.284 e. The molecular weight excluding hydrogens is 325 g/mol. The maximum atomic E-state index is 6.39. The zero-order valence-electron chi connectivity index (χ0n) is 13.3. The fourth-order valence-electron chi connectivity index (χ4n) is 1.96. The van der Waals surface area contributed by atoms with Crippen LogP contribution in [0.25, 0.3) is 0 Å². The minimum absolute atomic E-state index is 0.128. The van der Waals surface area contributed by atoms with Crippen molar-refractivity contribution >= 4 is 47.9 Å². The molecule has 0 N–H and O–H groups in total. The van der Waals surface area contributed by atoms with Gasteiger partial charge in [0.2, 0.25) is 0 Å². The third kappa shape index (κ3) is 9.26. The summed E-state index contributed by atoms with van der Waals surface area (Å²) in [5.74, 6) is 0. The highest BCUT2D eigenvalue weighted by molar-refractivity contribution is 6.72. The standard InChI is InChI=1S/C10H30O4Si5/c1-7-8-19(5,6)11-10(9(2)3)18(4)14-17-13-16-12-15/h10,18H,2,7-8,16-17H2,1,3-6,15H3. The van der Waals surface area contributed by atoms with Crippen LogP contribution in [-0.2, 0) is 16.8 Å². The van der Waals surface area contributed by atoms with E-state index in [4.69, 9.17) is 16.8 Å². The Balaban J connectivity index is 4.34. The molecule has 0 aromatic rings. The van der Waals surface area contributed by atoms with E-state index in [1.165, 1.54) is 12.5 Å². The van der Waals surface area contributed by atoms with Crippen LogP contribution in [0.3, 0.4) is 0 Å². The van der Waals surface area contributed by atoms with Crippen molar-refractivity contribution in [2.75, 3.05) is 0 Å². The van der Waals surface area contributed by atoms with Crippen LogP contribution >= 0.6 is 0 Å². The number of hydrogen-bond acceptors (Lipinski definition) is 4. The van der Waals surface area contributed by atoms with Gasteiger partial charge in [0.25, 0.3) is 20.0 Å². The summed E-state index contributed by atoms with van der Waals surface area (Å²) >= 11 is 0. The van der Waals surface area contributed by atoms with Gasteiger partial charge in [-0.05, 0) is 32.6 Å². The number of rotatable bonds is 11. The van der Waals surface area contributed by atoms with Gasteiger partial charge in [-0.15, -0.1) is 0 Å². The predicted molar refractivity (Wildman–Crippen MR) is 95.6 cm³/mol. The van der Waals surface area contributed by atoms with Gasteiger partial charge in [-0.1, -0.05) is 25.5 Å². The molecule has 0 fully saturated rings. The molecule has 0 bridgehead atoms. The summed E-state index contributed by atoms with van der Waals surface area (Å²) in [5.41, 5.74) is 1.23. The zero-order chi connectivity index (χ0) is 14.9. The van der Waals surface area contributed by atoms with Gasteiger partial charge >= 0.3 is 0 Å². The Bertz CT molecular complexity index is 264. The molecule has 0 radical (unpaired) electrons. The van der Waals surface area contributed by atoms with Gasteiger partial charge in [0.15, 0.2) is 17.4 Å². The summed E-state index contributed by atoms with van der Waals surface area (Å²) in [5, 5.41) is 0. The molecule has 0 saturated carbocycles. The molecule has 0 rings (SSSR count). The molecule has 0 spiro atoms. The first-order valence-electron chi connectivity index (χ1n) is 6.85. The average Bonchev–Trinajstić information content (AvgIpc) is 2.31. The molecule has 0 aromatic heterocycles. The summed E-state index contributed by atoms with van der Waals surface area (Å²) in [6.07, 6.45) is 1.18. The minimum atomic E-state index is -1.59. The lowest BCUT2D eigenvalue weighted by Gasteiger charge is -2.32. The lowest BCUT2D eigenvalue weighted by molar-refractivity contribution is 0.276. The topological polar surface area (TPSA) is 36.9 Å². The van der Waals surface area contributed by atoms with Crippen molar-refractivity contribution in [3.63, 3.8) is 0 Å². The van der Waals surface area contributed by atoms with Crippen molar-refractivity contribution in [3.05, 3.63) is 12.2 Å². The Labute approximate surface area is 128 Å². The zero-order valence-corrected chi connectivity index (χ0v) is 20.3. The summed E-state index contributed by atoms with van der Waals surface area (Å²) in [4.78, 5) is 0. The van der Waals surface area contributed by atoms with Gasteiger partial charge < -0.3 is 16.8 Å². The Morgan fingerprint density at radius 2 is 2.05 bits per heavy atom. The summed E-state index contributed by atoms with van der Waals surface area (Å²) in [6.45, 7) is 15.1. The van der Waals surface area contributed by atoms with Crippen molar-refractivity contribution in [1.29, 1.82) is 0 Å². The molecule has 0 aliphatic carbocycles. The van der Waals surface area contributed by atoms with Crippen LogP contribution in [0.4, 0.5) is 0 Å². The summed E-state index contributed by atoms with van der Waals surface area (Å²) < 4.78 is 23.0. The monoisotopic (exact) mass is 354 g/mol. The van der Waals surface area contributed by atoms with E-state index in [1.54, 1.807) is 0 Å². The van der Waals surface area contributed by atoms with E-state index < -0.39 is 37.4 Å². The third-order valence-electron chi connectivity index (χ3n) is 2.83. The molecule has 0 saturated heterocycles. The Morgan fingerprint density at radius 1 is 1.42 bits per heavy atom. The molecule has 0 aliphatic rings. The maximum Gasteiger partial charge on any atom is 0.284 e. The molecule has 114 valence electrons. The number of hydrogen-bond donors (Lipinski definition) is 0. The fraction of sp³-hybridized carbons (Fsp3) is 0.800. The van der Waals surface area contributed by atoms with Crippen LogP contribution in [-0.4, -0.2) is 53.6 Å². The quantitative estimate of drug-likeness (QED) is 0.292. The Kier molecular flexibility index (Phi) is 10.8. The van der Waals surface area contributed by atoms with Crippen molar-refractivity contribution in [2.45, 2.75) is 51.7 Å². The molecule has 2 unspecified atom stereocenters. The van der Waals surface area contributed by atoms with E-state index in [-0.39, 0.29) is 5.73 Å². The molecule has 0 aliphatic heterocycles. The molecule has 0 heterocycles. The highest BCUT2D eigenvalue weighted by atomic mass is 28.4. The minimum Gasteiger partial charge on any atom is -0.449 e. The van der Waals surface area contributed by atoms with E-state index in [0.29, 0.717) is 0 Å². The first-order chi connectivity index (χ1) is 8.84. The summed E-state index contributed by atoms with van der Waals surface area (Å²) in [7, 11) is -3.84. The third-order valence-corrected chi connectivity index (χ3v) is 12.2. The molecular formula is C10H30O4Si5. The lowest BCUT2D eigenvalue weighted by Crippen LogP contribution is -2.44. The predicted octanol–water partition coefficient (Wildman–Crippen LogP) is -0.217. The average molecular weight is 355 g/mol. The van der Waals surface area contributed by atoms with E-state index >= 15 is 0 Å². The van der Waals surface area contributed by atoms with Crippen LogP contribution in [0.1, 0.15) is 20.3 Å². The normalized spacial score (nSPS) is 16.7. The van der Waals surface area contributed by atoms with E-state index in [2.05, 4.69) is 33.1 Å². The first-order valence-corrected chi connectivity index (χ1v) is 15.4. The fourth-order valence-corrected chi connectivity index (χ4v) is 12.1. The Hall–Kier alpha value is 0.664. The first kappa shape index (κ1) is 19.7. The van der Waals surface area contributed by atoms with Gasteiger partial charge in [-0.3, -0.25) is 0 Å². The van der Waals surface area contributed by atoms with E-state index in [9.17, 15) is 0 Å². The van der Waals surface area contributed by atoms with Crippen molar-refractivity contribution in [1.82, 2.24) is 0 Å². The molecule has 19 heavy (non-hydrogen) atoms. The van der Waals surface area contributed by atoms with Gasteiger partial charge in [0.05, 0.1) is 5.73 Å². The largest absolute Gasteiger partial charge is 0.449 e. The van der Waals surface area contributed by atoms with Gasteiger partial charge in [-0.25, -0.2) is 0 Å². The summed E-state index contributed by atoms with van der Waals surface area (Å²) in [6, 6.07) is 1.19. The highest BCUT2D eigenvalue weighted by Crippen LogP contribution is 2.20. The molecule has 9 heteroatoms. The maximum absolute atomic E-state index is 6.39. The SMILES string of the molecule is C=C(C)C(O[Si](C)(C)CCC)[SiH](C)O[SiH2]O[SiH2]O[SiH3]. The van der Waals surface area contributed by atoms with Crippen LogP contribution in [0, 0.1) is 0 Å². The second-order valence-corrected chi connectivity index (χ2v) is 17.5. The van der Waals surface area contributed by atoms with Crippen molar-refractivity contribution in [3.8, 4) is 0 Å². The molecule has 0 aromatic carbocycles. The van der Waals surface area contributed by atoms with E-state index in [1.807, 2.05) is 6.92 Å². The molecule has 2 atom stereocenters.